The van der Waals surface area contributed by atoms with Crippen molar-refractivity contribution in [3.63, 3.8) is 0 Å². The van der Waals surface area contributed by atoms with Crippen LogP contribution in [0, 0.1) is 0 Å². The molecule has 0 atom stereocenters. The fourth-order valence-electron chi connectivity index (χ4n) is 2.92. The Balaban J connectivity index is 1.68. The lowest BCUT2D eigenvalue weighted by Crippen LogP contribution is -2.18. The van der Waals surface area contributed by atoms with Crippen molar-refractivity contribution in [3.8, 4) is 28.6 Å². The summed E-state index contributed by atoms with van der Waals surface area (Å²) < 4.78 is 12.8. The standard InChI is InChI=1S/C21H17N5O5/c1-30-15-4-2-3-13(9-15)12-31-18-6-5-14(10-17(18)26-8-7-23-25-26)19-22-11-16(21(28)29)20(27)24-19/h2-11H,12H2,1H3,(H,28,29)(H,22,24,27). The molecule has 10 nitrogen and oxygen atoms in total. The summed E-state index contributed by atoms with van der Waals surface area (Å²) in [6.07, 6.45) is 4.21. The van der Waals surface area contributed by atoms with Gasteiger partial charge in [-0.3, -0.25) is 4.79 Å². The highest BCUT2D eigenvalue weighted by Crippen LogP contribution is 2.28. The van der Waals surface area contributed by atoms with Crippen LogP contribution in [-0.4, -0.2) is 43.1 Å². The number of carboxylic acids is 1. The van der Waals surface area contributed by atoms with Gasteiger partial charge in [0, 0.05) is 11.8 Å². The molecule has 4 aromatic rings. The normalized spacial score (nSPS) is 10.6. The van der Waals surface area contributed by atoms with E-state index in [4.69, 9.17) is 14.6 Å². The Kier molecular flexibility index (Phi) is 5.43. The summed E-state index contributed by atoms with van der Waals surface area (Å²) >= 11 is 0. The van der Waals surface area contributed by atoms with Crippen LogP contribution in [0.15, 0.2) is 65.8 Å². The fraction of sp³-hybridized carbons (Fsp3) is 0.0952. The van der Waals surface area contributed by atoms with Gasteiger partial charge in [-0.2, -0.15) is 0 Å². The van der Waals surface area contributed by atoms with Crippen LogP contribution in [0.5, 0.6) is 11.5 Å². The minimum absolute atomic E-state index is 0.218. The third-order valence-electron chi connectivity index (χ3n) is 4.46. The van der Waals surface area contributed by atoms with Gasteiger partial charge in [0.05, 0.1) is 19.5 Å². The predicted octanol–water partition coefficient (Wildman–Crippen LogP) is 2.30. The molecule has 0 spiro atoms. The first-order valence-electron chi connectivity index (χ1n) is 9.14. The Morgan fingerprint density at radius 3 is 2.81 bits per heavy atom. The van der Waals surface area contributed by atoms with Crippen LogP contribution in [0.25, 0.3) is 17.1 Å². The number of nitrogens with zero attached hydrogens (tertiary/aromatic N) is 4. The summed E-state index contributed by atoms with van der Waals surface area (Å²) in [4.78, 5) is 29.6. The number of hydrogen-bond acceptors (Lipinski definition) is 7. The van der Waals surface area contributed by atoms with Crippen molar-refractivity contribution in [1.82, 2.24) is 25.0 Å². The molecule has 31 heavy (non-hydrogen) atoms. The average Bonchev–Trinajstić information content (AvgIpc) is 3.32. The largest absolute Gasteiger partial charge is 0.497 e. The quantitative estimate of drug-likeness (QED) is 0.466. The Morgan fingerprint density at radius 2 is 2.10 bits per heavy atom. The number of rotatable bonds is 7. The van der Waals surface area contributed by atoms with E-state index in [1.165, 1.54) is 10.9 Å². The number of methoxy groups -OCH3 is 1. The van der Waals surface area contributed by atoms with Crippen LogP contribution in [0.2, 0.25) is 0 Å². The molecule has 0 saturated carbocycles. The lowest BCUT2D eigenvalue weighted by molar-refractivity contribution is 0.0694. The summed E-state index contributed by atoms with van der Waals surface area (Å²) in [5.74, 6) is 0.134. The Bertz CT molecular complexity index is 1280. The molecule has 0 saturated heterocycles. The fourth-order valence-corrected chi connectivity index (χ4v) is 2.92. The van der Waals surface area contributed by atoms with E-state index in [1.54, 1.807) is 31.5 Å². The molecule has 2 N–H and O–H groups in total. The van der Waals surface area contributed by atoms with E-state index in [0.29, 0.717) is 23.6 Å². The van der Waals surface area contributed by atoms with Crippen LogP contribution >= 0.6 is 0 Å². The number of nitrogens with one attached hydrogen (secondary N) is 1. The van der Waals surface area contributed by atoms with Crippen LogP contribution in [0.3, 0.4) is 0 Å². The van der Waals surface area contributed by atoms with Gasteiger partial charge in [0.25, 0.3) is 5.56 Å². The second-order valence-electron chi connectivity index (χ2n) is 6.45. The Morgan fingerprint density at radius 1 is 1.23 bits per heavy atom. The highest BCUT2D eigenvalue weighted by Gasteiger charge is 2.14. The highest BCUT2D eigenvalue weighted by molar-refractivity contribution is 5.86. The predicted molar refractivity (Wildman–Crippen MR) is 109 cm³/mol. The van der Waals surface area contributed by atoms with Gasteiger partial charge in [-0.1, -0.05) is 17.3 Å². The molecule has 2 aromatic heterocycles. The van der Waals surface area contributed by atoms with Crippen LogP contribution in [0.4, 0.5) is 0 Å². The number of benzene rings is 2. The first kappa shape index (κ1) is 19.8. The number of aromatic amines is 1. The van der Waals surface area contributed by atoms with Crippen molar-refractivity contribution in [2.75, 3.05) is 7.11 Å². The minimum Gasteiger partial charge on any atom is -0.497 e. The molecule has 0 aliphatic heterocycles. The molecule has 0 radical (unpaired) electrons. The van der Waals surface area contributed by atoms with Crippen molar-refractivity contribution < 1.29 is 19.4 Å². The van der Waals surface area contributed by atoms with E-state index in [0.717, 1.165) is 17.5 Å². The number of ether oxygens (including phenoxy) is 2. The lowest BCUT2D eigenvalue weighted by Gasteiger charge is -2.13. The molecule has 0 bridgehead atoms. The molecule has 0 aliphatic rings. The minimum atomic E-state index is -1.34. The van der Waals surface area contributed by atoms with Gasteiger partial charge in [-0.25, -0.2) is 14.5 Å². The van der Waals surface area contributed by atoms with Crippen molar-refractivity contribution in [1.29, 1.82) is 0 Å². The molecule has 0 aliphatic carbocycles. The number of H-pyrrole nitrogens is 1. The molecule has 4 rings (SSSR count). The zero-order valence-electron chi connectivity index (χ0n) is 16.3. The average molecular weight is 419 g/mol. The number of hydrogen-bond donors (Lipinski definition) is 2. The lowest BCUT2D eigenvalue weighted by atomic mass is 10.1. The monoisotopic (exact) mass is 419 g/mol. The van der Waals surface area contributed by atoms with Gasteiger partial charge >= 0.3 is 5.97 Å². The highest BCUT2D eigenvalue weighted by atomic mass is 16.5. The maximum Gasteiger partial charge on any atom is 0.342 e. The maximum absolute atomic E-state index is 12.0. The molecular formula is C21H17N5O5. The van der Waals surface area contributed by atoms with Crippen molar-refractivity contribution in [2.45, 2.75) is 6.61 Å². The first-order chi connectivity index (χ1) is 15.0. The molecule has 0 amide bonds. The zero-order valence-corrected chi connectivity index (χ0v) is 16.3. The van der Waals surface area contributed by atoms with Crippen LogP contribution < -0.4 is 15.0 Å². The van der Waals surface area contributed by atoms with E-state index in [1.807, 2.05) is 24.3 Å². The number of carboxylic acid groups (broad SMARTS) is 1. The summed E-state index contributed by atoms with van der Waals surface area (Å²) in [6.45, 7) is 0.292. The second kappa shape index (κ2) is 8.49. The summed E-state index contributed by atoms with van der Waals surface area (Å²) in [5.41, 5.74) is 0.871. The van der Waals surface area contributed by atoms with Crippen molar-refractivity contribution in [2.24, 2.45) is 0 Å². The first-order valence-corrected chi connectivity index (χ1v) is 9.14. The van der Waals surface area contributed by atoms with Gasteiger partial charge in [0.15, 0.2) is 0 Å². The maximum atomic E-state index is 12.0. The SMILES string of the molecule is COc1cccc(COc2ccc(-c3ncc(C(=O)O)c(=O)[nH]3)cc2-n2ccnn2)c1. The molecular weight excluding hydrogens is 402 g/mol. The van der Waals surface area contributed by atoms with Crippen LogP contribution in [-0.2, 0) is 6.61 Å². The van der Waals surface area contributed by atoms with E-state index >= 15 is 0 Å². The van der Waals surface area contributed by atoms with E-state index < -0.39 is 17.1 Å². The van der Waals surface area contributed by atoms with E-state index in [2.05, 4.69) is 20.3 Å². The van der Waals surface area contributed by atoms with E-state index in [9.17, 15) is 9.59 Å². The molecule has 0 fully saturated rings. The second-order valence-corrected chi connectivity index (χ2v) is 6.45. The van der Waals surface area contributed by atoms with Crippen molar-refractivity contribution in [3.05, 3.63) is 82.5 Å². The van der Waals surface area contributed by atoms with Gasteiger partial charge in [0.2, 0.25) is 0 Å². The van der Waals surface area contributed by atoms with Gasteiger partial charge in [-0.15, -0.1) is 5.10 Å². The van der Waals surface area contributed by atoms with Gasteiger partial charge in [0.1, 0.15) is 35.2 Å². The molecule has 0 unspecified atom stereocenters. The summed E-state index contributed by atoms with van der Waals surface area (Å²) in [5, 5.41) is 16.9. The third kappa shape index (κ3) is 4.27. The van der Waals surface area contributed by atoms with Gasteiger partial charge in [-0.05, 0) is 35.9 Å². The van der Waals surface area contributed by atoms with Crippen LogP contribution in [0.1, 0.15) is 15.9 Å². The molecule has 2 aromatic carbocycles. The summed E-state index contributed by atoms with van der Waals surface area (Å²) in [7, 11) is 1.60. The molecule has 156 valence electrons. The number of aromatic carboxylic acids is 1. The topological polar surface area (TPSA) is 132 Å². The Labute approximate surface area is 175 Å². The van der Waals surface area contributed by atoms with E-state index in [-0.39, 0.29) is 5.82 Å². The number of carbonyl (C=O) groups is 1. The van der Waals surface area contributed by atoms with Crippen molar-refractivity contribution >= 4 is 5.97 Å². The Hall–Kier alpha value is -4.47. The van der Waals surface area contributed by atoms with Gasteiger partial charge < -0.3 is 19.6 Å². The summed E-state index contributed by atoms with van der Waals surface area (Å²) in [6, 6.07) is 12.7. The molecule has 10 heteroatoms. The molecule has 2 heterocycles. The number of aromatic nitrogens is 5. The zero-order chi connectivity index (χ0) is 21.8. The smallest absolute Gasteiger partial charge is 0.342 e. The third-order valence-corrected chi connectivity index (χ3v) is 4.46.